The third kappa shape index (κ3) is 3.62. The van der Waals surface area contributed by atoms with E-state index in [-0.39, 0.29) is 17.0 Å². The summed E-state index contributed by atoms with van der Waals surface area (Å²) < 4.78 is 36.8. The van der Waals surface area contributed by atoms with Crippen LogP contribution in [0.5, 0.6) is 0 Å². The molecule has 0 heterocycles. The summed E-state index contributed by atoms with van der Waals surface area (Å²) in [6, 6.07) is 10.9. The minimum absolute atomic E-state index is 0.247. The molecule has 0 aliphatic carbocycles. The van der Waals surface area contributed by atoms with Gasteiger partial charge in [-0.25, -0.2) is 12.8 Å². The van der Waals surface area contributed by atoms with Crippen LogP contribution in [-0.4, -0.2) is 14.7 Å². The summed E-state index contributed by atoms with van der Waals surface area (Å²) in [5.41, 5.74) is 2.20. The zero-order valence-electron chi connectivity index (χ0n) is 12.2. The molecular weight excluding hydrogens is 303 g/mol. The summed E-state index contributed by atoms with van der Waals surface area (Å²) in [6.07, 6.45) is 1.15. The highest BCUT2D eigenvalue weighted by atomic mass is 32.2. The molecule has 0 spiro atoms. The van der Waals surface area contributed by atoms with Crippen molar-refractivity contribution in [3.63, 3.8) is 0 Å². The first-order chi connectivity index (χ1) is 10.3. The number of halogens is 1. The van der Waals surface area contributed by atoms with Crippen LogP contribution in [0.15, 0.2) is 41.3 Å². The molecule has 0 fully saturated rings. The highest BCUT2D eigenvalue weighted by Gasteiger charge is 2.09. The SMILES string of the molecule is Cc1cc(S(C)(=O)=O)ccc1NCc1ccc(C#N)cc1F. The molecular formula is C16H15FN2O2S. The van der Waals surface area contributed by atoms with Crippen molar-refractivity contribution in [3.8, 4) is 6.07 Å². The van der Waals surface area contributed by atoms with E-state index in [0.717, 1.165) is 17.5 Å². The fourth-order valence-corrected chi connectivity index (χ4v) is 2.72. The molecule has 2 aromatic carbocycles. The van der Waals surface area contributed by atoms with E-state index in [4.69, 9.17) is 5.26 Å². The monoisotopic (exact) mass is 318 g/mol. The van der Waals surface area contributed by atoms with Gasteiger partial charge in [-0.1, -0.05) is 6.07 Å². The second-order valence-corrected chi connectivity index (χ2v) is 7.04. The number of hydrogen-bond acceptors (Lipinski definition) is 4. The first kappa shape index (κ1) is 16.0. The number of sulfone groups is 1. The van der Waals surface area contributed by atoms with Gasteiger partial charge in [0.1, 0.15) is 5.82 Å². The lowest BCUT2D eigenvalue weighted by molar-refractivity contribution is 0.602. The number of nitriles is 1. The van der Waals surface area contributed by atoms with E-state index >= 15 is 0 Å². The van der Waals surface area contributed by atoms with Crippen LogP contribution in [0, 0.1) is 24.1 Å². The van der Waals surface area contributed by atoms with E-state index in [1.807, 2.05) is 6.07 Å². The molecule has 0 aliphatic rings. The van der Waals surface area contributed by atoms with Gasteiger partial charge >= 0.3 is 0 Å². The van der Waals surface area contributed by atoms with Crippen molar-refractivity contribution in [2.75, 3.05) is 11.6 Å². The van der Waals surface area contributed by atoms with Crippen LogP contribution in [0.3, 0.4) is 0 Å². The summed E-state index contributed by atoms with van der Waals surface area (Å²) in [5.74, 6) is -0.447. The second kappa shape index (κ2) is 6.16. The first-order valence-electron chi connectivity index (χ1n) is 6.54. The molecule has 1 N–H and O–H groups in total. The van der Waals surface area contributed by atoms with Crippen molar-refractivity contribution < 1.29 is 12.8 Å². The highest BCUT2D eigenvalue weighted by molar-refractivity contribution is 7.90. The molecule has 0 bridgehead atoms. The molecule has 0 atom stereocenters. The third-order valence-corrected chi connectivity index (χ3v) is 4.39. The Kier molecular flexibility index (Phi) is 4.48. The minimum atomic E-state index is -3.24. The van der Waals surface area contributed by atoms with Gasteiger partial charge in [0.25, 0.3) is 0 Å². The molecule has 6 heteroatoms. The lowest BCUT2D eigenvalue weighted by Crippen LogP contribution is -2.05. The van der Waals surface area contributed by atoms with Gasteiger partial charge in [-0.3, -0.25) is 0 Å². The van der Waals surface area contributed by atoms with Crippen LogP contribution in [0.2, 0.25) is 0 Å². The van der Waals surface area contributed by atoms with Crippen LogP contribution in [0.4, 0.5) is 10.1 Å². The van der Waals surface area contributed by atoms with Gasteiger partial charge in [0, 0.05) is 24.1 Å². The highest BCUT2D eigenvalue weighted by Crippen LogP contribution is 2.21. The molecule has 0 aliphatic heterocycles. The Bertz CT molecular complexity index is 855. The summed E-state index contributed by atoms with van der Waals surface area (Å²) in [4.78, 5) is 0.250. The topological polar surface area (TPSA) is 70.0 Å². The molecule has 0 saturated heterocycles. The molecule has 0 unspecified atom stereocenters. The smallest absolute Gasteiger partial charge is 0.175 e. The zero-order chi connectivity index (χ0) is 16.3. The van der Waals surface area contributed by atoms with Crippen LogP contribution in [-0.2, 0) is 16.4 Å². The maximum absolute atomic E-state index is 13.8. The number of nitrogens with zero attached hydrogens (tertiary/aromatic N) is 1. The van der Waals surface area contributed by atoms with E-state index in [1.165, 1.54) is 12.1 Å². The standard InChI is InChI=1S/C16H15FN2O2S/c1-11-7-14(22(2,20)21)5-6-16(11)19-10-13-4-3-12(9-18)8-15(13)17/h3-8,19H,10H2,1-2H3. The molecule has 4 nitrogen and oxygen atoms in total. The van der Waals surface area contributed by atoms with Gasteiger partial charge in [0.05, 0.1) is 16.5 Å². The summed E-state index contributed by atoms with van der Waals surface area (Å²) in [7, 11) is -3.24. The van der Waals surface area contributed by atoms with Crippen LogP contribution in [0.1, 0.15) is 16.7 Å². The predicted octanol–water partition coefficient (Wildman–Crippen LogP) is 3.02. The lowest BCUT2D eigenvalue weighted by atomic mass is 10.1. The molecule has 22 heavy (non-hydrogen) atoms. The second-order valence-electron chi connectivity index (χ2n) is 5.02. The van der Waals surface area contributed by atoms with Gasteiger partial charge in [-0.2, -0.15) is 5.26 Å². The van der Waals surface area contributed by atoms with E-state index in [2.05, 4.69) is 5.32 Å². The van der Waals surface area contributed by atoms with E-state index in [9.17, 15) is 12.8 Å². The van der Waals surface area contributed by atoms with Crippen molar-refractivity contribution in [2.45, 2.75) is 18.4 Å². The van der Waals surface area contributed by atoms with Crippen molar-refractivity contribution in [1.82, 2.24) is 0 Å². The maximum atomic E-state index is 13.8. The number of aryl methyl sites for hydroxylation is 1. The third-order valence-electron chi connectivity index (χ3n) is 3.28. The van der Waals surface area contributed by atoms with Crippen molar-refractivity contribution >= 4 is 15.5 Å². The minimum Gasteiger partial charge on any atom is -0.381 e. The van der Waals surface area contributed by atoms with Gasteiger partial charge < -0.3 is 5.32 Å². The number of rotatable bonds is 4. The summed E-state index contributed by atoms with van der Waals surface area (Å²) in [6.45, 7) is 2.03. The Balaban J connectivity index is 2.17. The molecule has 114 valence electrons. The quantitative estimate of drug-likeness (QED) is 0.940. The molecule has 0 saturated carbocycles. The largest absolute Gasteiger partial charge is 0.381 e. The van der Waals surface area contributed by atoms with Crippen LogP contribution < -0.4 is 5.32 Å². The molecule has 0 radical (unpaired) electrons. The van der Waals surface area contributed by atoms with Crippen molar-refractivity contribution in [1.29, 1.82) is 5.26 Å². The van der Waals surface area contributed by atoms with Gasteiger partial charge in [-0.15, -0.1) is 0 Å². The Morgan fingerprint density at radius 1 is 1.23 bits per heavy atom. The molecule has 2 rings (SSSR count). The first-order valence-corrected chi connectivity index (χ1v) is 8.43. The number of benzene rings is 2. The van der Waals surface area contributed by atoms with Crippen molar-refractivity contribution in [3.05, 3.63) is 58.9 Å². The fourth-order valence-electron chi connectivity index (χ4n) is 2.02. The Labute approximate surface area is 129 Å². The zero-order valence-corrected chi connectivity index (χ0v) is 13.0. The Morgan fingerprint density at radius 3 is 2.50 bits per heavy atom. The molecule has 0 aromatic heterocycles. The normalized spacial score (nSPS) is 11.0. The Morgan fingerprint density at radius 2 is 1.95 bits per heavy atom. The number of hydrogen-bond donors (Lipinski definition) is 1. The maximum Gasteiger partial charge on any atom is 0.175 e. The molecule has 2 aromatic rings. The summed E-state index contributed by atoms with van der Waals surface area (Å²) >= 11 is 0. The van der Waals surface area contributed by atoms with Crippen LogP contribution >= 0.6 is 0 Å². The molecule has 0 amide bonds. The fraction of sp³-hybridized carbons (Fsp3) is 0.188. The number of nitrogens with one attached hydrogen (secondary N) is 1. The number of anilines is 1. The van der Waals surface area contributed by atoms with Gasteiger partial charge in [0.2, 0.25) is 0 Å². The van der Waals surface area contributed by atoms with Crippen LogP contribution in [0.25, 0.3) is 0 Å². The predicted molar refractivity (Wildman–Crippen MR) is 82.7 cm³/mol. The Hall–Kier alpha value is -2.39. The summed E-state index contributed by atoms with van der Waals surface area (Å²) in [5, 5.41) is 11.8. The van der Waals surface area contributed by atoms with E-state index in [1.54, 1.807) is 31.2 Å². The van der Waals surface area contributed by atoms with Crippen molar-refractivity contribution in [2.24, 2.45) is 0 Å². The van der Waals surface area contributed by atoms with Gasteiger partial charge in [-0.05, 0) is 42.8 Å². The average molecular weight is 318 g/mol. The van der Waals surface area contributed by atoms with E-state index < -0.39 is 15.7 Å². The van der Waals surface area contributed by atoms with Gasteiger partial charge in [0.15, 0.2) is 9.84 Å². The lowest BCUT2D eigenvalue weighted by Gasteiger charge is -2.11. The van der Waals surface area contributed by atoms with E-state index in [0.29, 0.717) is 5.56 Å². The average Bonchev–Trinajstić information content (AvgIpc) is 2.46.